The fourth-order valence-corrected chi connectivity index (χ4v) is 2.43. The van der Waals surface area contributed by atoms with E-state index in [4.69, 9.17) is 0 Å². The maximum Gasteiger partial charge on any atom is 0.129 e. The van der Waals surface area contributed by atoms with Crippen LogP contribution in [0, 0.1) is 0 Å². The number of anilines is 1. The third kappa shape index (κ3) is 3.42. The fraction of sp³-hybridized carbons (Fsp3) is 0.714. The van der Waals surface area contributed by atoms with E-state index in [2.05, 4.69) is 29.1 Å². The molecule has 0 saturated heterocycles. The highest BCUT2D eigenvalue weighted by atomic mass is 16.3. The van der Waals surface area contributed by atoms with E-state index in [0.29, 0.717) is 12.5 Å². The summed E-state index contributed by atoms with van der Waals surface area (Å²) in [5, 5.41) is 13.7. The summed E-state index contributed by atoms with van der Waals surface area (Å²) in [6.07, 6.45) is 6.86. The molecular formula is C14H23N3O. The van der Waals surface area contributed by atoms with Crippen molar-refractivity contribution in [2.45, 2.75) is 57.5 Å². The lowest BCUT2D eigenvalue weighted by Crippen LogP contribution is -2.38. The minimum Gasteiger partial charge on any atom is -0.388 e. The van der Waals surface area contributed by atoms with Crippen molar-refractivity contribution in [2.24, 2.45) is 0 Å². The number of rotatable bonds is 4. The molecule has 1 saturated carbocycles. The van der Waals surface area contributed by atoms with Crippen molar-refractivity contribution < 1.29 is 5.11 Å². The minimum absolute atomic E-state index is 0.395. The topological polar surface area (TPSA) is 58.0 Å². The molecular weight excluding hydrogens is 226 g/mol. The van der Waals surface area contributed by atoms with Crippen molar-refractivity contribution in [2.75, 3.05) is 11.9 Å². The van der Waals surface area contributed by atoms with Gasteiger partial charge in [0.2, 0.25) is 0 Å². The molecule has 0 radical (unpaired) electrons. The summed E-state index contributed by atoms with van der Waals surface area (Å²) in [4.78, 5) is 8.44. The van der Waals surface area contributed by atoms with E-state index in [1.165, 1.54) is 6.42 Å². The van der Waals surface area contributed by atoms with Gasteiger partial charge in [-0.3, -0.25) is 0 Å². The molecule has 2 rings (SSSR count). The van der Waals surface area contributed by atoms with Crippen LogP contribution in [0.4, 0.5) is 5.82 Å². The summed E-state index contributed by atoms with van der Waals surface area (Å²) in [5.41, 5.74) is 0.476. The minimum atomic E-state index is -0.554. The van der Waals surface area contributed by atoms with Crippen LogP contribution in [0.3, 0.4) is 0 Å². The van der Waals surface area contributed by atoms with E-state index in [0.717, 1.165) is 37.2 Å². The van der Waals surface area contributed by atoms with E-state index < -0.39 is 5.60 Å². The van der Waals surface area contributed by atoms with Crippen LogP contribution in [0.15, 0.2) is 12.4 Å². The first-order valence-corrected chi connectivity index (χ1v) is 6.87. The Morgan fingerprint density at radius 2 is 2.00 bits per heavy atom. The highest BCUT2D eigenvalue weighted by molar-refractivity contribution is 5.36. The fourth-order valence-electron chi connectivity index (χ4n) is 2.43. The average Bonchev–Trinajstić information content (AvgIpc) is 2.38. The zero-order valence-electron chi connectivity index (χ0n) is 11.3. The van der Waals surface area contributed by atoms with Gasteiger partial charge in [0.25, 0.3) is 0 Å². The average molecular weight is 249 g/mol. The van der Waals surface area contributed by atoms with Crippen LogP contribution >= 0.6 is 0 Å². The van der Waals surface area contributed by atoms with Gasteiger partial charge in [0.15, 0.2) is 0 Å². The summed E-state index contributed by atoms with van der Waals surface area (Å²) in [7, 11) is 0. The van der Waals surface area contributed by atoms with Gasteiger partial charge >= 0.3 is 0 Å². The lowest BCUT2D eigenvalue weighted by Gasteiger charge is -2.32. The molecule has 0 amide bonds. The molecule has 0 spiro atoms. The third-order valence-electron chi connectivity index (χ3n) is 3.66. The quantitative estimate of drug-likeness (QED) is 0.861. The largest absolute Gasteiger partial charge is 0.388 e. The van der Waals surface area contributed by atoms with Crippen LogP contribution in [0.2, 0.25) is 0 Å². The lowest BCUT2D eigenvalue weighted by molar-refractivity contribution is 0.0166. The van der Waals surface area contributed by atoms with Gasteiger partial charge in [0, 0.05) is 18.3 Å². The molecule has 1 fully saturated rings. The second-order valence-corrected chi connectivity index (χ2v) is 5.62. The number of aromatic nitrogens is 2. The van der Waals surface area contributed by atoms with Crippen molar-refractivity contribution in [3.63, 3.8) is 0 Å². The molecule has 1 aromatic rings. The Hall–Kier alpha value is -1.16. The molecule has 0 unspecified atom stereocenters. The van der Waals surface area contributed by atoms with Gasteiger partial charge in [-0.2, -0.15) is 0 Å². The molecule has 18 heavy (non-hydrogen) atoms. The first kappa shape index (κ1) is 13.3. The lowest BCUT2D eigenvalue weighted by atomic mass is 9.85. The zero-order valence-corrected chi connectivity index (χ0v) is 11.3. The highest BCUT2D eigenvalue weighted by Gasteiger charge is 2.28. The van der Waals surface area contributed by atoms with Crippen LogP contribution in [-0.4, -0.2) is 27.2 Å². The summed E-state index contributed by atoms with van der Waals surface area (Å²) >= 11 is 0. The summed E-state index contributed by atoms with van der Waals surface area (Å²) < 4.78 is 0. The van der Waals surface area contributed by atoms with Crippen LogP contribution in [0.5, 0.6) is 0 Å². The van der Waals surface area contributed by atoms with E-state index in [1.807, 2.05) is 6.07 Å². The van der Waals surface area contributed by atoms with Crippen LogP contribution in [0.1, 0.15) is 57.6 Å². The van der Waals surface area contributed by atoms with Crippen molar-refractivity contribution in [1.82, 2.24) is 9.97 Å². The molecule has 1 heterocycles. The normalized spacial score (nSPS) is 18.9. The molecule has 0 aromatic carbocycles. The van der Waals surface area contributed by atoms with Gasteiger partial charge in [-0.15, -0.1) is 0 Å². The van der Waals surface area contributed by atoms with E-state index in [-0.39, 0.29) is 0 Å². The summed E-state index contributed by atoms with van der Waals surface area (Å²) in [6.45, 7) is 4.81. The van der Waals surface area contributed by atoms with Gasteiger partial charge in [-0.05, 0) is 18.8 Å². The van der Waals surface area contributed by atoms with Crippen LogP contribution in [-0.2, 0) is 0 Å². The maximum absolute atomic E-state index is 10.4. The number of aliphatic hydroxyl groups is 1. The highest BCUT2D eigenvalue weighted by Crippen LogP contribution is 2.28. The monoisotopic (exact) mass is 249 g/mol. The van der Waals surface area contributed by atoms with Crippen LogP contribution < -0.4 is 5.32 Å². The SMILES string of the molecule is CC(C)c1cc(NCC2(O)CCCCC2)ncn1. The predicted octanol–water partition coefficient (Wildman–Crippen LogP) is 2.71. The zero-order chi connectivity index (χ0) is 13.0. The van der Waals surface area contributed by atoms with Gasteiger partial charge < -0.3 is 10.4 Å². The third-order valence-corrected chi connectivity index (χ3v) is 3.66. The molecule has 4 nitrogen and oxygen atoms in total. The second kappa shape index (κ2) is 5.65. The number of nitrogens with one attached hydrogen (secondary N) is 1. The molecule has 1 aliphatic rings. The smallest absolute Gasteiger partial charge is 0.129 e. The van der Waals surface area contributed by atoms with E-state index in [1.54, 1.807) is 6.33 Å². The van der Waals surface area contributed by atoms with Gasteiger partial charge in [0.05, 0.1) is 5.60 Å². The summed E-state index contributed by atoms with van der Waals surface area (Å²) in [5.74, 6) is 1.21. The molecule has 0 bridgehead atoms. The van der Waals surface area contributed by atoms with Gasteiger partial charge in [-0.25, -0.2) is 9.97 Å². The van der Waals surface area contributed by atoms with Crippen molar-refractivity contribution >= 4 is 5.82 Å². The van der Waals surface area contributed by atoms with Gasteiger partial charge in [-0.1, -0.05) is 33.1 Å². The van der Waals surface area contributed by atoms with Crippen molar-refractivity contribution in [1.29, 1.82) is 0 Å². The van der Waals surface area contributed by atoms with Crippen molar-refractivity contribution in [3.8, 4) is 0 Å². The number of hydrogen-bond donors (Lipinski definition) is 2. The molecule has 0 atom stereocenters. The summed E-state index contributed by atoms with van der Waals surface area (Å²) in [6, 6.07) is 1.97. The number of hydrogen-bond acceptors (Lipinski definition) is 4. The predicted molar refractivity (Wildman–Crippen MR) is 72.6 cm³/mol. The standard InChI is InChI=1S/C14H23N3O/c1-11(2)12-8-13(17-10-16-12)15-9-14(18)6-4-3-5-7-14/h8,10-11,18H,3-7,9H2,1-2H3,(H,15,16,17). The van der Waals surface area contributed by atoms with Crippen LogP contribution in [0.25, 0.3) is 0 Å². The number of nitrogens with zero attached hydrogens (tertiary/aromatic N) is 2. The van der Waals surface area contributed by atoms with E-state index >= 15 is 0 Å². The molecule has 1 aliphatic carbocycles. The van der Waals surface area contributed by atoms with Crippen molar-refractivity contribution in [3.05, 3.63) is 18.1 Å². The Kier molecular flexibility index (Phi) is 4.17. The Bertz CT molecular complexity index is 386. The molecule has 100 valence electrons. The molecule has 4 heteroatoms. The van der Waals surface area contributed by atoms with E-state index in [9.17, 15) is 5.11 Å². The Labute approximate surface area is 109 Å². The Balaban J connectivity index is 1.95. The Morgan fingerprint density at radius 1 is 1.28 bits per heavy atom. The molecule has 0 aliphatic heterocycles. The maximum atomic E-state index is 10.4. The van der Waals surface area contributed by atoms with Gasteiger partial charge in [0.1, 0.15) is 12.1 Å². The molecule has 2 N–H and O–H groups in total. The second-order valence-electron chi connectivity index (χ2n) is 5.62. The first-order chi connectivity index (χ1) is 8.59. The Morgan fingerprint density at radius 3 is 2.67 bits per heavy atom. The first-order valence-electron chi connectivity index (χ1n) is 6.87. The molecule has 1 aromatic heterocycles.